The zero-order valence-electron chi connectivity index (χ0n) is 10.5. The molecule has 6 nitrogen and oxygen atoms in total. The normalized spacial score (nSPS) is 33.0. The van der Waals surface area contributed by atoms with Gasteiger partial charge in [-0.1, -0.05) is 15.9 Å². The number of hydrogen-bond acceptors (Lipinski definition) is 6. The third-order valence-corrected chi connectivity index (χ3v) is 4.68. The Morgan fingerprint density at radius 3 is 2.10 bits per heavy atom. The first-order valence-corrected chi connectivity index (χ1v) is 8.34. The van der Waals surface area contributed by atoms with Crippen molar-refractivity contribution < 1.29 is 29.9 Å². The van der Waals surface area contributed by atoms with E-state index in [2.05, 4.69) is 47.8 Å². The lowest BCUT2D eigenvalue weighted by atomic mass is 9.99. The third-order valence-electron chi connectivity index (χ3n) is 3.05. The molecule has 1 aliphatic rings. The van der Waals surface area contributed by atoms with Crippen molar-refractivity contribution in [2.24, 2.45) is 0 Å². The zero-order valence-corrected chi connectivity index (χ0v) is 15.2. The molecule has 1 aromatic rings. The second kappa shape index (κ2) is 7.22. The Labute approximate surface area is 146 Å². The largest absolute Gasteiger partial charge is 0.460 e. The average Bonchev–Trinajstić information content (AvgIpc) is 2.42. The van der Waals surface area contributed by atoms with Crippen LogP contribution in [0.3, 0.4) is 0 Å². The molecule has 1 aliphatic heterocycles. The summed E-state index contributed by atoms with van der Waals surface area (Å²) in [6.45, 7) is -0.506. The van der Waals surface area contributed by atoms with Gasteiger partial charge in [0, 0.05) is 4.47 Å². The lowest BCUT2D eigenvalue weighted by Crippen LogP contribution is -2.60. The van der Waals surface area contributed by atoms with Gasteiger partial charge in [0.2, 0.25) is 6.29 Å². The first-order valence-electron chi connectivity index (χ1n) is 5.97. The summed E-state index contributed by atoms with van der Waals surface area (Å²) in [7, 11) is 0. The van der Waals surface area contributed by atoms with Gasteiger partial charge in [0.1, 0.15) is 24.4 Å². The molecule has 2 rings (SSSR count). The van der Waals surface area contributed by atoms with E-state index in [1.165, 1.54) is 0 Å². The summed E-state index contributed by atoms with van der Waals surface area (Å²) >= 11 is 9.96. The number of aliphatic hydroxyl groups excluding tert-OH is 4. The molecule has 1 heterocycles. The predicted molar refractivity (Wildman–Crippen MR) is 83.9 cm³/mol. The molecule has 118 valence electrons. The van der Waals surface area contributed by atoms with Crippen molar-refractivity contribution in [1.29, 1.82) is 0 Å². The fourth-order valence-electron chi connectivity index (χ4n) is 1.92. The molecule has 0 bridgehead atoms. The van der Waals surface area contributed by atoms with Gasteiger partial charge in [-0.05, 0) is 44.0 Å². The van der Waals surface area contributed by atoms with Crippen molar-refractivity contribution >= 4 is 47.8 Å². The topological polar surface area (TPSA) is 99.4 Å². The van der Waals surface area contributed by atoms with Crippen LogP contribution in [0.1, 0.15) is 0 Å². The first kappa shape index (κ1) is 17.6. The van der Waals surface area contributed by atoms with Crippen LogP contribution in [-0.4, -0.2) is 57.7 Å². The highest BCUT2D eigenvalue weighted by Gasteiger charge is 2.45. The lowest BCUT2D eigenvalue weighted by molar-refractivity contribution is -0.277. The number of hydrogen-bond donors (Lipinski definition) is 4. The summed E-state index contributed by atoms with van der Waals surface area (Å²) in [5, 5.41) is 38.5. The highest BCUT2D eigenvalue weighted by molar-refractivity contribution is 9.11. The summed E-state index contributed by atoms with van der Waals surface area (Å²) in [4.78, 5) is 0. The Bertz CT molecular complexity index is 489. The lowest BCUT2D eigenvalue weighted by Gasteiger charge is -2.39. The molecule has 0 spiro atoms. The van der Waals surface area contributed by atoms with Crippen LogP contribution in [0.25, 0.3) is 0 Å². The van der Waals surface area contributed by atoms with Crippen LogP contribution in [0.4, 0.5) is 0 Å². The van der Waals surface area contributed by atoms with E-state index in [-0.39, 0.29) is 0 Å². The predicted octanol–water partition coefficient (Wildman–Crippen LogP) is 1.15. The number of rotatable bonds is 3. The van der Waals surface area contributed by atoms with Gasteiger partial charge in [0.25, 0.3) is 0 Å². The van der Waals surface area contributed by atoms with Gasteiger partial charge in [-0.3, -0.25) is 0 Å². The number of halogens is 3. The van der Waals surface area contributed by atoms with E-state index in [9.17, 15) is 15.3 Å². The molecule has 0 saturated carbocycles. The molecule has 0 unspecified atom stereocenters. The van der Waals surface area contributed by atoms with Crippen LogP contribution in [0.15, 0.2) is 25.6 Å². The van der Waals surface area contributed by atoms with E-state index >= 15 is 0 Å². The van der Waals surface area contributed by atoms with Crippen LogP contribution in [-0.2, 0) is 4.74 Å². The molecule has 1 fully saturated rings. The molecule has 4 N–H and O–H groups in total. The van der Waals surface area contributed by atoms with Crippen LogP contribution in [0.2, 0.25) is 0 Å². The Kier molecular flexibility index (Phi) is 6.06. The van der Waals surface area contributed by atoms with Crippen LogP contribution in [0.5, 0.6) is 5.75 Å². The number of aliphatic hydroxyl groups is 4. The molecule has 0 aromatic heterocycles. The Balaban J connectivity index is 2.22. The van der Waals surface area contributed by atoms with Gasteiger partial charge in [0.05, 0.1) is 15.6 Å². The summed E-state index contributed by atoms with van der Waals surface area (Å²) < 4.78 is 12.9. The summed E-state index contributed by atoms with van der Waals surface area (Å²) in [6, 6.07) is 3.48. The van der Waals surface area contributed by atoms with Gasteiger partial charge in [-0.2, -0.15) is 0 Å². The van der Waals surface area contributed by atoms with Crippen LogP contribution in [0, 0.1) is 0 Å². The van der Waals surface area contributed by atoms with Gasteiger partial charge >= 0.3 is 0 Å². The minimum absolute atomic E-state index is 0.363. The third kappa shape index (κ3) is 3.78. The second-order valence-corrected chi connectivity index (χ2v) is 7.14. The van der Waals surface area contributed by atoms with E-state index in [4.69, 9.17) is 14.6 Å². The zero-order chi connectivity index (χ0) is 15.7. The number of benzene rings is 1. The fraction of sp³-hybridized carbons (Fsp3) is 0.500. The molecule has 9 heteroatoms. The molecule has 21 heavy (non-hydrogen) atoms. The Morgan fingerprint density at radius 1 is 1.00 bits per heavy atom. The maximum atomic E-state index is 9.94. The molecule has 0 aliphatic carbocycles. The van der Waals surface area contributed by atoms with Gasteiger partial charge < -0.3 is 29.9 Å². The molecule has 1 aromatic carbocycles. The summed E-state index contributed by atoms with van der Waals surface area (Å²) in [6.07, 6.45) is -6.59. The van der Waals surface area contributed by atoms with Crippen molar-refractivity contribution in [3.8, 4) is 5.75 Å². The van der Waals surface area contributed by atoms with E-state index in [0.29, 0.717) is 14.7 Å². The van der Waals surface area contributed by atoms with E-state index in [0.717, 1.165) is 4.47 Å². The smallest absolute Gasteiger partial charge is 0.229 e. The standard InChI is InChI=1S/C12H13Br3O6/c13-4-1-5(14)11(6(15)2-4)21-12-10(19)9(18)8(17)7(3-16)20-12/h1-2,7-10,12,16-19H,3H2/t7-,8+,9+,10+,12-/m0/s1. The van der Waals surface area contributed by atoms with Crippen molar-refractivity contribution in [1.82, 2.24) is 0 Å². The van der Waals surface area contributed by atoms with E-state index in [1.807, 2.05) is 0 Å². The number of ether oxygens (including phenoxy) is 2. The second-order valence-electron chi connectivity index (χ2n) is 4.51. The van der Waals surface area contributed by atoms with Crippen molar-refractivity contribution in [2.45, 2.75) is 30.7 Å². The highest BCUT2D eigenvalue weighted by atomic mass is 79.9. The highest BCUT2D eigenvalue weighted by Crippen LogP contribution is 2.38. The molecule has 0 amide bonds. The van der Waals surface area contributed by atoms with Crippen molar-refractivity contribution in [3.63, 3.8) is 0 Å². The van der Waals surface area contributed by atoms with Crippen LogP contribution >= 0.6 is 47.8 Å². The quantitative estimate of drug-likeness (QED) is 0.505. The molecule has 0 radical (unpaired) electrons. The summed E-state index contributed by atoms with van der Waals surface area (Å²) in [5.74, 6) is 0.363. The maximum Gasteiger partial charge on any atom is 0.229 e. The van der Waals surface area contributed by atoms with Gasteiger partial charge in [-0.25, -0.2) is 0 Å². The fourth-order valence-corrected chi connectivity index (χ4v) is 4.37. The summed E-state index contributed by atoms with van der Waals surface area (Å²) in [5.41, 5.74) is 0. The minimum Gasteiger partial charge on any atom is -0.460 e. The maximum absolute atomic E-state index is 9.94. The first-order chi connectivity index (χ1) is 9.85. The minimum atomic E-state index is -1.48. The van der Waals surface area contributed by atoms with E-state index in [1.54, 1.807) is 12.1 Å². The van der Waals surface area contributed by atoms with E-state index < -0.39 is 37.3 Å². The monoisotopic (exact) mass is 490 g/mol. The molecule has 5 atom stereocenters. The van der Waals surface area contributed by atoms with Gasteiger partial charge in [-0.15, -0.1) is 0 Å². The Morgan fingerprint density at radius 2 is 1.57 bits per heavy atom. The van der Waals surface area contributed by atoms with Gasteiger partial charge in [0.15, 0.2) is 5.75 Å². The molecule has 1 saturated heterocycles. The van der Waals surface area contributed by atoms with Crippen LogP contribution < -0.4 is 4.74 Å². The molecular formula is C12H13Br3O6. The SMILES string of the molecule is OC[C@@H]1O[C@@H](Oc2c(Br)cc(Br)cc2Br)[C@H](O)[C@H](O)[C@@H]1O. The Hall–Kier alpha value is 0.260. The average molecular weight is 493 g/mol. The molecular weight excluding hydrogens is 480 g/mol. The van der Waals surface area contributed by atoms with Crippen molar-refractivity contribution in [3.05, 3.63) is 25.6 Å². The van der Waals surface area contributed by atoms with Crippen molar-refractivity contribution in [2.75, 3.05) is 6.61 Å².